The van der Waals surface area contributed by atoms with Gasteiger partial charge in [0.05, 0.1) is 30.9 Å². The molecule has 3 amide bonds. The SMILES string of the molecule is CC1(c2nc(C(N)=O)c3n2CCN(C(=O)Nc2cc(F)c(F)c(F)c2)C3)COC1. The average molecular weight is 409 g/mol. The molecule has 0 bridgehead atoms. The second-order valence-electron chi connectivity index (χ2n) is 7.41. The first kappa shape index (κ1) is 19.2. The third kappa shape index (κ3) is 3.20. The van der Waals surface area contributed by atoms with Gasteiger partial charge >= 0.3 is 6.03 Å². The van der Waals surface area contributed by atoms with Crippen LogP contribution >= 0.6 is 0 Å². The van der Waals surface area contributed by atoms with Gasteiger partial charge in [-0.15, -0.1) is 0 Å². The van der Waals surface area contributed by atoms with Crippen molar-refractivity contribution >= 4 is 17.6 Å². The van der Waals surface area contributed by atoms with E-state index < -0.39 is 29.4 Å². The molecule has 154 valence electrons. The number of halogens is 3. The minimum atomic E-state index is -1.61. The first-order chi connectivity index (χ1) is 13.7. The smallest absolute Gasteiger partial charge is 0.322 e. The molecule has 2 aliphatic rings. The van der Waals surface area contributed by atoms with Gasteiger partial charge in [0, 0.05) is 30.9 Å². The van der Waals surface area contributed by atoms with Gasteiger partial charge < -0.3 is 25.3 Å². The number of amides is 3. The molecular formula is C18H18F3N5O3. The summed E-state index contributed by atoms with van der Waals surface area (Å²) < 4.78 is 47.0. The lowest BCUT2D eigenvalue weighted by Gasteiger charge is -2.39. The number of urea groups is 1. The zero-order valence-corrected chi connectivity index (χ0v) is 15.5. The zero-order chi connectivity index (χ0) is 20.9. The lowest BCUT2D eigenvalue weighted by molar-refractivity contribution is -0.0563. The van der Waals surface area contributed by atoms with Gasteiger partial charge in [0.25, 0.3) is 5.91 Å². The van der Waals surface area contributed by atoms with Crippen LogP contribution in [-0.4, -0.2) is 46.1 Å². The Hall–Kier alpha value is -3.08. The van der Waals surface area contributed by atoms with Crippen LogP contribution in [0.2, 0.25) is 0 Å². The summed E-state index contributed by atoms with van der Waals surface area (Å²) in [5, 5.41) is 2.33. The van der Waals surface area contributed by atoms with E-state index in [4.69, 9.17) is 10.5 Å². The van der Waals surface area contributed by atoms with Crippen LogP contribution in [0.4, 0.5) is 23.7 Å². The van der Waals surface area contributed by atoms with Crippen LogP contribution < -0.4 is 11.1 Å². The van der Waals surface area contributed by atoms with Crippen molar-refractivity contribution in [3.63, 3.8) is 0 Å². The lowest BCUT2D eigenvalue weighted by atomic mass is 9.87. The van der Waals surface area contributed by atoms with Gasteiger partial charge in [-0.1, -0.05) is 0 Å². The second-order valence-corrected chi connectivity index (χ2v) is 7.41. The molecule has 29 heavy (non-hydrogen) atoms. The number of hydrogen-bond donors (Lipinski definition) is 2. The van der Waals surface area contributed by atoms with Crippen LogP contribution in [0.15, 0.2) is 12.1 Å². The zero-order valence-electron chi connectivity index (χ0n) is 15.5. The number of primary amides is 1. The molecule has 1 saturated heterocycles. The molecule has 8 nitrogen and oxygen atoms in total. The number of carbonyl (C=O) groups excluding carboxylic acids is 2. The van der Waals surface area contributed by atoms with Crippen molar-refractivity contribution < 1.29 is 27.5 Å². The van der Waals surface area contributed by atoms with Crippen LogP contribution in [0.1, 0.15) is 28.9 Å². The molecule has 0 aliphatic carbocycles. The molecule has 1 aromatic heterocycles. The number of nitrogens with zero attached hydrogens (tertiary/aromatic N) is 3. The number of ether oxygens (including phenoxy) is 1. The quantitative estimate of drug-likeness (QED) is 0.754. The summed E-state index contributed by atoms with van der Waals surface area (Å²) in [6, 6.07) is 0.724. The second kappa shape index (κ2) is 6.76. The van der Waals surface area contributed by atoms with E-state index in [0.29, 0.717) is 43.4 Å². The van der Waals surface area contributed by atoms with Crippen LogP contribution in [0.5, 0.6) is 0 Å². The molecule has 2 aliphatic heterocycles. The van der Waals surface area contributed by atoms with Gasteiger partial charge in [0.1, 0.15) is 5.82 Å². The molecule has 2 aromatic rings. The molecule has 4 rings (SSSR count). The molecule has 3 heterocycles. The number of nitrogens with two attached hydrogens (primary N) is 1. The van der Waals surface area contributed by atoms with Crippen molar-refractivity contribution in [2.75, 3.05) is 25.1 Å². The number of anilines is 1. The molecule has 0 unspecified atom stereocenters. The molecule has 3 N–H and O–H groups in total. The fourth-order valence-corrected chi connectivity index (χ4v) is 3.57. The highest BCUT2D eigenvalue weighted by Crippen LogP contribution is 2.34. The molecule has 0 saturated carbocycles. The summed E-state index contributed by atoms with van der Waals surface area (Å²) in [4.78, 5) is 30.2. The number of aromatic nitrogens is 2. The van der Waals surface area contributed by atoms with E-state index in [1.54, 1.807) is 0 Å². The Morgan fingerprint density at radius 3 is 2.41 bits per heavy atom. The van der Waals surface area contributed by atoms with Crippen LogP contribution in [0.25, 0.3) is 0 Å². The maximum Gasteiger partial charge on any atom is 0.322 e. The first-order valence-electron chi connectivity index (χ1n) is 8.87. The van der Waals surface area contributed by atoms with E-state index in [1.807, 2.05) is 11.5 Å². The highest BCUT2D eigenvalue weighted by atomic mass is 19.2. The summed E-state index contributed by atoms with van der Waals surface area (Å²) in [7, 11) is 0. The van der Waals surface area contributed by atoms with Gasteiger partial charge in [0.15, 0.2) is 23.1 Å². The number of fused-ring (bicyclic) bond motifs is 1. The summed E-state index contributed by atoms with van der Waals surface area (Å²) in [5.41, 5.74) is 5.46. The molecule has 0 radical (unpaired) electrons. The Morgan fingerprint density at radius 1 is 1.21 bits per heavy atom. The monoisotopic (exact) mass is 409 g/mol. The Bertz CT molecular complexity index is 995. The Morgan fingerprint density at radius 2 is 1.86 bits per heavy atom. The van der Waals surface area contributed by atoms with Crippen molar-refractivity contribution in [2.24, 2.45) is 5.73 Å². The highest BCUT2D eigenvalue weighted by molar-refractivity contribution is 5.93. The van der Waals surface area contributed by atoms with E-state index >= 15 is 0 Å². The number of benzene rings is 1. The standard InChI is InChI=1S/C18H18F3N5O3/c1-18(7-29-8-18)16-24-14(15(22)27)12-6-25(2-3-26(12)16)17(28)23-9-4-10(19)13(21)11(20)5-9/h4-5H,2-3,6-8H2,1H3,(H2,22,27)(H,23,28). The fraction of sp³-hybridized carbons (Fsp3) is 0.389. The summed E-state index contributed by atoms with van der Waals surface area (Å²) >= 11 is 0. The first-order valence-corrected chi connectivity index (χ1v) is 8.87. The van der Waals surface area contributed by atoms with Gasteiger partial charge in [-0.25, -0.2) is 22.9 Å². The van der Waals surface area contributed by atoms with Crippen LogP contribution in [0, 0.1) is 17.5 Å². The number of rotatable bonds is 3. The molecule has 1 aromatic carbocycles. The van der Waals surface area contributed by atoms with E-state index in [2.05, 4.69) is 10.3 Å². The summed E-state index contributed by atoms with van der Waals surface area (Å²) in [6.45, 7) is 3.55. The number of nitrogens with one attached hydrogen (secondary N) is 1. The number of imidazole rings is 1. The molecule has 0 atom stereocenters. The molecule has 0 spiro atoms. The van der Waals surface area contributed by atoms with Gasteiger partial charge in [-0.05, 0) is 6.92 Å². The third-order valence-corrected chi connectivity index (χ3v) is 5.14. The van der Waals surface area contributed by atoms with Crippen molar-refractivity contribution in [1.82, 2.24) is 14.5 Å². The van der Waals surface area contributed by atoms with E-state index in [-0.39, 0.29) is 29.9 Å². The maximum absolute atomic E-state index is 13.4. The van der Waals surface area contributed by atoms with Crippen molar-refractivity contribution in [1.29, 1.82) is 0 Å². The average Bonchev–Trinajstić information content (AvgIpc) is 3.03. The molecule has 1 fully saturated rings. The lowest BCUT2D eigenvalue weighted by Crippen LogP contribution is -2.48. The van der Waals surface area contributed by atoms with Crippen LogP contribution in [0.3, 0.4) is 0 Å². The Kier molecular flexibility index (Phi) is 4.49. The van der Waals surface area contributed by atoms with Gasteiger partial charge in [-0.3, -0.25) is 4.79 Å². The fourth-order valence-electron chi connectivity index (χ4n) is 3.57. The predicted molar refractivity (Wildman–Crippen MR) is 94.7 cm³/mol. The predicted octanol–water partition coefficient (Wildman–Crippen LogP) is 1.73. The molecular weight excluding hydrogens is 391 g/mol. The van der Waals surface area contributed by atoms with Gasteiger partial charge in [-0.2, -0.15) is 0 Å². The summed E-state index contributed by atoms with van der Waals surface area (Å²) in [6.07, 6.45) is 0. The minimum Gasteiger partial charge on any atom is -0.379 e. The summed E-state index contributed by atoms with van der Waals surface area (Å²) in [5.74, 6) is -4.47. The Balaban J connectivity index is 1.58. The van der Waals surface area contributed by atoms with Crippen molar-refractivity contribution in [2.45, 2.75) is 25.4 Å². The van der Waals surface area contributed by atoms with Crippen molar-refractivity contribution in [3.8, 4) is 0 Å². The van der Waals surface area contributed by atoms with Crippen molar-refractivity contribution in [3.05, 3.63) is 46.8 Å². The number of carbonyl (C=O) groups is 2. The maximum atomic E-state index is 13.4. The van der Waals surface area contributed by atoms with E-state index in [1.165, 1.54) is 4.90 Å². The Labute approximate surface area is 163 Å². The number of hydrogen-bond acceptors (Lipinski definition) is 4. The third-order valence-electron chi connectivity index (χ3n) is 5.14. The highest BCUT2D eigenvalue weighted by Gasteiger charge is 2.42. The van der Waals surface area contributed by atoms with Gasteiger partial charge in [0.2, 0.25) is 0 Å². The normalized spacial score (nSPS) is 17.4. The molecule has 11 heteroatoms. The van der Waals surface area contributed by atoms with E-state index in [0.717, 1.165) is 0 Å². The largest absolute Gasteiger partial charge is 0.379 e. The van der Waals surface area contributed by atoms with Crippen LogP contribution in [-0.2, 0) is 23.2 Å². The van der Waals surface area contributed by atoms with E-state index in [9.17, 15) is 22.8 Å². The minimum absolute atomic E-state index is 0.0280. The topological polar surface area (TPSA) is 102 Å².